The van der Waals surface area contributed by atoms with Crippen LogP contribution in [0.25, 0.3) is 0 Å². The van der Waals surface area contributed by atoms with E-state index >= 15 is 0 Å². The molecule has 1 unspecified atom stereocenters. The van der Waals surface area contributed by atoms with Gasteiger partial charge in [-0.25, -0.2) is 0 Å². The van der Waals surface area contributed by atoms with Gasteiger partial charge in [0.05, 0.1) is 12.7 Å². The van der Waals surface area contributed by atoms with Gasteiger partial charge in [-0.2, -0.15) is 0 Å². The zero-order chi connectivity index (χ0) is 17.6. The van der Waals surface area contributed by atoms with Crippen LogP contribution in [0.5, 0.6) is 0 Å². The lowest BCUT2D eigenvalue weighted by atomic mass is 9.93. The van der Waals surface area contributed by atoms with Crippen molar-refractivity contribution in [1.29, 1.82) is 0 Å². The molecule has 1 nitrogen and oxygen atoms in total. The van der Waals surface area contributed by atoms with Crippen molar-refractivity contribution in [2.45, 2.75) is 70.5 Å². The highest BCUT2D eigenvalue weighted by Crippen LogP contribution is 2.22. The maximum absolute atomic E-state index is 6.32. The van der Waals surface area contributed by atoms with Gasteiger partial charge in [-0.15, -0.1) is 11.8 Å². The van der Waals surface area contributed by atoms with E-state index in [9.17, 15) is 0 Å². The quantitative estimate of drug-likeness (QED) is 0.675. The summed E-state index contributed by atoms with van der Waals surface area (Å²) < 4.78 is 6.32. The molecule has 4 bridgehead atoms. The second-order valence-corrected chi connectivity index (χ2v) is 7.66. The third-order valence-corrected chi connectivity index (χ3v) is 5.69. The van der Waals surface area contributed by atoms with E-state index in [2.05, 4.69) is 54.3 Å². The normalized spacial score (nSPS) is 19.6. The third kappa shape index (κ3) is 4.57. The second-order valence-electron chi connectivity index (χ2n) is 7.66. The molecule has 1 atom stereocenters. The van der Waals surface area contributed by atoms with Crippen LogP contribution in [0.1, 0.15) is 59.9 Å². The zero-order valence-electron chi connectivity index (χ0n) is 15.6. The number of rotatable bonds is 3. The second kappa shape index (κ2) is 8.56. The molecule has 0 aliphatic heterocycles. The number of hydrogen-bond donors (Lipinski definition) is 0. The lowest BCUT2D eigenvalue weighted by Gasteiger charge is -2.19. The number of hydrogen-bond acceptors (Lipinski definition) is 1. The lowest BCUT2D eigenvalue weighted by molar-refractivity contribution is 0.0361. The molecule has 0 N–H and O–H groups in total. The first-order valence-corrected chi connectivity index (χ1v) is 10.1. The van der Waals surface area contributed by atoms with E-state index in [0.717, 1.165) is 51.6 Å². The van der Waals surface area contributed by atoms with Crippen LogP contribution >= 0.6 is 0 Å². The summed E-state index contributed by atoms with van der Waals surface area (Å²) in [4.78, 5) is 0. The molecule has 0 saturated heterocycles. The van der Waals surface area contributed by atoms with Crippen molar-refractivity contribution in [2.75, 3.05) is 0 Å². The highest BCUT2D eigenvalue weighted by Gasteiger charge is 2.12. The molecule has 0 spiro atoms. The average molecular weight is 344 g/mol. The summed E-state index contributed by atoms with van der Waals surface area (Å²) in [6.07, 6.45) is 10.2. The van der Waals surface area contributed by atoms with Crippen LogP contribution in [0.4, 0.5) is 0 Å². The Morgan fingerprint density at radius 3 is 2.38 bits per heavy atom. The smallest absolute Gasteiger partial charge is 0.0723 e. The Morgan fingerprint density at radius 2 is 1.54 bits per heavy atom. The van der Waals surface area contributed by atoms with Crippen molar-refractivity contribution in [3.63, 3.8) is 0 Å². The number of aryl methyl sites for hydroxylation is 4. The fourth-order valence-electron chi connectivity index (χ4n) is 3.97. The monoisotopic (exact) mass is 344 g/mol. The zero-order valence-corrected chi connectivity index (χ0v) is 15.6. The topological polar surface area (TPSA) is 9.23 Å². The van der Waals surface area contributed by atoms with Gasteiger partial charge in [0.25, 0.3) is 0 Å². The predicted octanol–water partition coefficient (Wildman–Crippen LogP) is 5.42. The fourth-order valence-corrected chi connectivity index (χ4v) is 3.97. The molecule has 2 aromatic rings. The van der Waals surface area contributed by atoms with E-state index in [1.807, 2.05) is 0 Å². The van der Waals surface area contributed by atoms with Crippen molar-refractivity contribution in [1.82, 2.24) is 0 Å². The Kier molecular flexibility index (Phi) is 5.72. The highest BCUT2D eigenvalue weighted by atomic mass is 16.5. The molecule has 5 aliphatic rings. The van der Waals surface area contributed by atoms with Gasteiger partial charge in [-0.05, 0) is 72.8 Å². The van der Waals surface area contributed by atoms with Gasteiger partial charge in [0.2, 0.25) is 0 Å². The first-order chi connectivity index (χ1) is 12.9. The third-order valence-electron chi connectivity index (χ3n) is 5.69. The van der Waals surface area contributed by atoms with Crippen molar-refractivity contribution >= 4 is 0 Å². The van der Waals surface area contributed by atoms with Crippen molar-refractivity contribution < 1.29 is 4.74 Å². The van der Waals surface area contributed by atoms with Crippen molar-refractivity contribution in [2.24, 2.45) is 0 Å². The molecule has 134 valence electrons. The average Bonchev–Trinajstić information content (AvgIpc) is 2.63. The molecule has 0 aromatic heterocycles. The molecule has 0 radical (unpaired) electrons. The Balaban J connectivity index is 1.49. The molecule has 7 rings (SSSR count). The minimum atomic E-state index is 0.296. The van der Waals surface area contributed by atoms with Gasteiger partial charge in [-0.3, -0.25) is 0 Å². The minimum Gasteiger partial charge on any atom is -0.373 e. The van der Waals surface area contributed by atoms with Crippen LogP contribution in [0.15, 0.2) is 42.5 Å². The van der Waals surface area contributed by atoms with E-state index in [1.54, 1.807) is 0 Å². The summed E-state index contributed by atoms with van der Waals surface area (Å²) in [5.41, 5.74) is 7.11. The van der Waals surface area contributed by atoms with E-state index < -0.39 is 0 Å². The van der Waals surface area contributed by atoms with E-state index in [-0.39, 0.29) is 0 Å². The van der Waals surface area contributed by atoms with Crippen LogP contribution in [0, 0.1) is 11.8 Å². The Hall–Kier alpha value is -2.04. The Labute approximate surface area is 157 Å². The van der Waals surface area contributed by atoms with Crippen LogP contribution in [0.3, 0.4) is 0 Å². The first-order valence-electron chi connectivity index (χ1n) is 10.1. The summed E-state index contributed by atoms with van der Waals surface area (Å²) in [5, 5.41) is 0. The van der Waals surface area contributed by atoms with Gasteiger partial charge in [0.15, 0.2) is 0 Å². The van der Waals surface area contributed by atoms with E-state index in [1.165, 1.54) is 40.7 Å². The first kappa shape index (κ1) is 17.4. The summed E-state index contributed by atoms with van der Waals surface area (Å²) in [5.74, 6) is 6.55. The van der Waals surface area contributed by atoms with Crippen molar-refractivity contribution in [3.05, 3.63) is 70.3 Å². The summed E-state index contributed by atoms with van der Waals surface area (Å²) in [7, 11) is 0. The molecule has 0 fully saturated rings. The van der Waals surface area contributed by atoms with Crippen LogP contribution in [-0.2, 0) is 37.0 Å². The summed E-state index contributed by atoms with van der Waals surface area (Å²) in [6, 6.07) is 16.2. The molecule has 5 aliphatic carbocycles. The Bertz CT molecular complexity index is 791. The fraction of sp³-hybridized carbons (Fsp3) is 0.440. The number of benzene rings is 2. The van der Waals surface area contributed by atoms with E-state index in [0.29, 0.717) is 6.10 Å². The molecule has 0 amide bonds. The van der Waals surface area contributed by atoms with Gasteiger partial charge < -0.3 is 4.74 Å². The van der Waals surface area contributed by atoms with Gasteiger partial charge in [-0.1, -0.05) is 42.5 Å². The molecule has 0 heterocycles. The minimum absolute atomic E-state index is 0.296. The van der Waals surface area contributed by atoms with Crippen LogP contribution < -0.4 is 0 Å². The van der Waals surface area contributed by atoms with Crippen molar-refractivity contribution in [3.8, 4) is 11.8 Å². The molecule has 1 heteroatoms. The van der Waals surface area contributed by atoms with E-state index in [4.69, 9.17) is 4.74 Å². The number of ether oxygens (including phenoxy) is 1. The van der Waals surface area contributed by atoms with Gasteiger partial charge in [0.1, 0.15) is 0 Å². The van der Waals surface area contributed by atoms with Crippen LogP contribution in [0.2, 0.25) is 0 Å². The largest absolute Gasteiger partial charge is 0.373 e. The standard InChI is InChI=1S/C25H28O/c1-2-4-6-25(7-5-3-1)26-19-24-18-22-13-12-20-8-10-21(11-9-20)14-16-23(24)17-15-22/h8-11,15,17-18,25H,1-2,4,6-7,12-14,16,19H2. The molecule has 2 aromatic carbocycles. The molecular weight excluding hydrogens is 316 g/mol. The lowest BCUT2D eigenvalue weighted by Crippen LogP contribution is -2.14. The van der Waals surface area contributed by atoms with Crippen LogP contribution in [-0.4, -0.2) is 6.10 Å². The predicted molar refractivity (Wildman–Crippen MR) is 107 cm³/mol. The SMILES string of the molecule is C1#CCC(OCc2cc3ccc2CCc2ccc(cc2)CC3)CCCC1. The molecule has 0 saturated carbocycles. The molecular formula is C25H28O. The summed E-state index contributed by atoms with van der Waals surface area (Å²) >= 11 is 0. The Morgan fingerprint density at radius 1 is 0.808 bits per heavy atom. The highest BCUT2D eigenvalue weighted by molar-refractivity contribution is 5.35. The van der Waals surface area contributed by atoms with Gasteiger partial charge >= 0.3 is 0 Å². The summed E-state index contributed by atoms with van der Waals surface area (Å²) in [6.45, 7) is 0.729. The molecule has 26 heavy (non-hydrogen) atoms. The maximum Gasteiger partial charge on any atom is 0.0723 e. The van der Waals surface area contributed by atoms with Gasteiger partial charge in [0, 0.05) is 12.8 Å². The maximum atomic E-state index is 6.32.